The molecule has 160 valence electrons. The van der Waals surface area contributed by atoms with Gasteiger partial charge in [0.25, 0.3) is 5.91 Å². The first kappa shape index (κ1) is 24.5. The van der Waals surface area contributed by atoms with E-state index in [1.165, 1.54) is 38.5 Å². The minimum absolute atomic E-state index is 0.174. The SMILES string of the molecule is CCCCC(CC)CN(CC(CC)CCCC)C(=O)c1ccc(OCC)cc1. The molecule has 0 spiro atoms. The molecule has 0 N–H and O–H groups in total. The van der Waals surface area contributed by atoms with Gasteiger partial charge in [-0.15, -0.1) is 0 Å². The lowest BCUT2D eigenvalue weighted by Crippen LogP contribution is -2.39. The Hall–Kier alpha value is -1.51. The van der Waals surface area contributed by atoms with Crippen LogP contribution in [0.2, 0.25) is 0 Å². The van der Waals surface area contributed by atoms with Crippen molar-refractivity contribution in [3.05, 3.63) is 29.8 Å². The molecule has 0 aliphatic carbocycles. The standard InChI is InChI=1S/C25H43NO2/c1-6-11-13-21(8-3)19-26(20-22(9-4)14-12-7-2)25(27)23-15-17-24(18-16-23)28-10-5/h15-18,21-22H,6-14,19-20H2,1-5H3. The van der Waals surface area contributed by atoms with Crippen molar-refractivity contribution in [2.45, 2.75) is 86.0 Å². The van der Waals surface area contributed by atoms with E-state index in [9.17, 15) is 4.79 Å². The maximum atomic E-state index is 13.3. The number of unbranched alkanes of at least 4 members (excludes halogenated alkanes) is 2. The zero-order chi connectivity index (χ0) is 20.8. The normalized spacial score (nSPS) is 13.2. The second kappa shape index (κ2) is 14.5. The average molecular weight is 390 g/mol. The molecule has 1 rings (SSSR count). The third-order valence-corrected chi connectivity index (χ3v) is 5.74. The highest BCUT2D eigenvalue weighted by atomic mass is 16.5. The Bertz CT molecular complexity index is 508. The number of nitrogens with zero attached hydrogens (tertiary/aromatic N) is 1. The highest BCUT2D eigenvalue weighted by Crippen LogP contribution is 2.21. The summed E-state index contributed by atoms with van der Waals surface area (Å²) in [6.07, 6.45) is 9.64. The molecule has 28 heavy (non-hydrogen) atoms. The quantitative estimate of drug-likeness (QED) is 0.324. The van der Waals surface area contributed by atoms with E-state index < -0.39 is 0 Å². The second-order valence-corrected chi connectivity index (χ2v) is 8.00. The summed E-state index contributed by atoms with van der Waals surface area (Å²) in [7, 11) is 0. The molecule has 1 aromatic carbocycles. The van der Waals surface area contributed by atoms with Gasteiger partial charge in [-0.25, -0.2) is 0 Å². The molecular formula is C25H43NO2. The summed E-state index contributed by atoms with van der Waals surface area (Å²) < 4.78 is 5.53. The molecule has 0 fully saturated rings. The van der Waals surface area contributed by atoms with Crippen LogP contribution in [0.4, 0.5) is 0 Å². The number of ether oxygens (including phenoxy) is 1. The van der Waals surface area contributed by atoms with Crippen LogP contribution in [-0.4, -0.2) is 30.5 Å². The highest BCUT2D eigenvalue weighted by Gasteiger charge is 2.22. The molecule has 0 heterocycles. The first-order valence-corrected chi connectivity index (χ1v) is 11.6. The first-order valence-electron chi connectivity index (χ1n) is 11.6. The van der Waals surface area contributed by atoms with Gasteiger partial charge in [0.05, 0.1) is 6.61 Å². The lowest BCUT2D eigenvalue weighted by atomic mass is 9.95. The van der Waals surface area contributed by atoms with Crippen molar-refractivity contribution in [1.29, 1.82) is 0 Å². The minimum Gasteiger partial charge on any atom is -0.494 e. The van der Waals surface area contributed by atoms with Crippen LogP contribution in [0.15, 0.2) is 24.3 Å². The van der Waals surface area contributed by atoms with Crippen LogP contribution in [0, 0.1) is 11.8 Å². The van der Waals surface area contributed by atoms with E-state index in [0.29, 0.717) is 18.4 Å². The number of benzene rings is 1. The van der Waals surface area contributed by atoms with Crippen molar-refractivity contribution < 1.29 is 9.53 Å². The lowest BCUT2D eigenvalue weighted by Gasteiger charge is -2.31. The van der Waals surface area contributed by atoms with Gasteiger partial charge in [0.15, 0.2) is 0 Å². The molecule has 1 aromatic rings. The Morgan fingerprint density at radius 1 is 0.857 bits per heavy atom. The van der Waals surface area contributed by atoms with Gasteiger partial charge in [-0.1, -0.05) is 66.2 Å². The number of hydrogen-bond acceptors (Lipinski definition) is 2. The van der Waals surface area contributed by atoms with E-state index in [-0.39, 0.29) is 5.91 Å². The zero-order valence-electron chi connectivity index (χ0n) is 19.0. The molecule has 1 amide bonds. The van der Waals surface area contributed by atoms with Crippen molar-refractivity contribution in [3.8, 4) is 5.75 Å². The predicted octanol–water partition coefficient (Wildman–Crippen LogP) is 6.96. The van der Waals surface area contributed by atoms with Gasteiger partial charge in [-0.3, -0.25) is 4.79 Å². The van der Waals surface area contributed by atoms with Gasteiger partial charge in [-0.05, 0) is 55.9 Å². The van der Waals surface area contributed by atoms with E-state index >= 15 is 0 Å². The van der Waals surface area contributed by atoms with Crippen LogP contribution >= 0.6 is 0 Å². The summed E-state index contributed by atoms with van der Waals surface area (Å²) in [5.74, 6) is 2.19. The maximum Gasteiger partial charge on any atom is 0.253 e. The summed E-state index contributed by atoms with van der Waals surface area (Å²) >= 11 is 0. The first-order chi connectivity index (χ1) is 13.6. The molecule has 3 heteroatoms. The minimum atomic E-state index is 0.174. The fourth-order valence-corrected chi connectivity index (χ4v) is 3.74. The summed E-state index contributed by atoms with van der Waals surface area (Å²) in [6, 6.07) is 7.66. The van der Waals surface area contributed by atoms with Gasteiger partial charge in [0.1, 0.15) is 5.75 Å². The second-order valence-electron chi connectivity index (χ2n) is 8.00. The Labute approximate surface area is 173 Å². The predicted molar refractivity (Wildman–Crippen MR) is 120 cm³/mol. The van der Waals surface area contributed by atoms with E-state index in [1.54, 1.807) is 0 Å². The van der Waals surface area contributed by atoms with E-state index in [0.717, 1.165) is 37.2 Å². The fraction of sp³-hybridized carbons (Fsp3) is 0.720. The summed E-state index contributed by atoms with van der Waals surface area (Å²) in [6.45, 7) is 13.4. The van der Waals surface area contributed by atoms with Crippen molar-refractivity contribution in [2.75, 3.05) is 19.7 Å². The van der Waals surface area contributed by atoms with Gasteiger partial charge in [0.2, 0.25) is 0 Å². The molecule has 0 radical (unpaired) electrons. The van der Waals surface area contributed by atoms with Gasteiger partial charge < -0.3 is 9.64 Å². The Kier molecular flexibility index (Phi) is 12.7. The van der Waals surface area contributed by atoms with E-state index in [2.05, 4.69) is 32.6 Å². The molecule has 0 aliphatic rings. The maximum absolute atomic E-state index is 13.3. The van der Waals surface area contributed by atoms with Gasteiger partial charge in [-0.2, -0.15) is 0 Å². The molecular weight excluding hydrogens is 346 g/mol. The molecule has 0 saturated heterocycles. The van der Waals surface area contributed by atoms with Crippen molar-refractivity contribution >= 4 is 5.91 Å². The van der Waals surface area contributed by atoms with E-state index in [1.807, 2.05) is 31.2 Å². The largest absolute Gasteiger partial charge is 0.494 e. The topological polar surface area (TPSA) is 29.5 Å². The molecule has 2 atom stereocenters. The monoisotopic (exact) mass is 389 g/mol. The van der Waals surface area contributed by atoms with Crippen LogP contribution in [0.1, 0.15) is 96.3 Å². The molecule has 0 aliphatic heterocycles. The van der Waals surface area contributed by atoms with Crippen molar-refractivity contribution in [1.82, 2.24) is 4.90 Å². The van der Waals surface area contributed by atoms with Gasteiger partial charge >= 0.3 is 0 Å². The smallest absolute Gasteiger partial charge is 0.253 e. The Morgan fingerprint density at radius 3 is 1.75 bits per heavy atom. The van der Waals surface area contributed by atoms with Gasteiger partial charge in [0, 0.05) is 18.7 Å². The summed E-state index contributed by atoms with van der Waals surface area (Å²) in [5, 5.41) is 0. The summed E-state index contributed by atoms with van der Waals surface area (Å²) in [4.78, 5) is 15.5. The Morgan fingerprint density at radius 2 is 1.36 bits per heavy atom. The highest BCUT2D eigenvalue weighted by molar-refractivity contribution is 5.94. The number of carbonyl (C=O) groups excluding carboxylic acids is 1. The van der Waals surface area contributed by atoms with Crippen LogP contribution < -0.4 is 4.74 Å². The lowest BCUT2D eigenvalue weighted by molar-refractivity contribution is 0.0685. The average Bonchev–Trinajstić information content (AvgIpc) is 2.73. The van der Waals surface area contributed by atoms with Crippen LogP contribution in [0.5, 0.6) is 5.75 Å². The summed E-state index contributed by atoms with van der Waals surface area (Å²) in [5.41, 5.74) is 0.777. The molecule has 3 nitrogen and oxygen atoms in total. The zero-order valence-corrected chi connectivity index (χ0v) is 19.0. The molecule has 0 aromatic heterocycles. The van der Waals surface area contributed by atoms with Crippen molar-refractivity contribution in [2.24, 2.45) is 11.8 Å². The fourth-order valence-electron chi connectivity index (χ4n) is 3.74. The van der Waals surface area contributed by atoms with Crippen LogP contribution in [-0.2, 0) is 0 Å². The molecule has 2 unspecified atom stereocenters. The van der Waals surface area contributed by atoms with Crippen LogP contribution in [0.3, 0.4) is 0 Å². The Balaban J connectivity index is 2.93. The number of hydrogen-bond donors (Lipinski definition) is 0. The number of amides is 1. The number of rotatable bonds is 15. The third-order valence-electron chi connectivity index (χ3n) is 5.74. The molecule has 0 saturated carbocycles. The third kappa shape index (κ3) is 8.67. The van der Waals surface area contributed by atoms with E-state index in [4.69, 9.17) is 4.74 Å². The van der Waals surface area contributed by atoms with Crippen molar-refractivity contribution in [3.63, 3.8) is 0 Å². The molecule has 0 bridgehead atoms. The van der Waals surface area contributed by atoms with Crippen LogP contribution in [0.25, 0.3) is 0 Å². The number of carbonyl (C=O) groups is 1.